The molecule has 1 saturated carbocycles. The third-order valence-electron chi connectivity index (χ3n) is 4.49. The normalized spacial score (nSPS) is 20.7. The van der Waals surface area contributed by atoms with E-state index in [4.69, 9.17) is 0 Å². The Kier molecular flexibility index (Phi) is 6.05. The Bertz CT molecular complexity index is 842. The van der Waals surface area contributed by atoms with Crippen LogP contribution in [0.3, 0.4) is 0 Å². The predicted molar refractivity (Wildman–Crippen MR) is 105 cm³/mol. The zero-order chi connectivity index (χ0) is 18.6. The Balaban J connectivity index is 1.54. The Morgan fingerprint density at radius 2 is 1.88 bits per heavy atom. The number of carbonyl (C=O) groups excluding carboxylic acids is 1. The fourth-order valence-electron chi connectivity index (χ4n) is 3.07. The highest BCUT2D eigenvalue weighted by Gasteiger charge is 2.25. The standard InChI is InChI=1S/C18H23N3O3S2/c1-13-7-9-15(10-8-13)21-26(23,24)12-17(22)20-18-19-11-16(25-18)14-5-3-2-4-6-14/h2-6,11,13,15,21H,7-10,12H2,1H3,(H,19,20,22). The molecule has 1 amide bonds. The average molecular weight is 394 g/mol. The summed E-state index contributed by atoms with van der Waals surface area (Å²) < 4.78 is 27.1. The van der Waals surface area contributed by atoms with Crippen molar-refractivity contribution in [1.82, 2.24) is 9.71 Å². The minimum absolute atomic E-state index is 0.0615. The third kappa shape index (κ3) is 5.36. The molecule has 1 heterocycles. The summed E-state index contributed by atoms with van der Waals surface area (Å²) in [5, 5.41) is 2.98. The van der Waals surface area contributed by atoms with Gasteiger partial charge >= 0.3 is 0 Å². The first-order valence-corrected chi connectivity index (χ1v) is 11.2. The second kappa shape index (κ2) is 8.28. The highest BCUT2D eigenvalue weighted by atomic mass is 32.2. The van der Waals surface area contributed by atoms with Crippen LogP contribution in [-0.4, -0.2) is 31.1 Å². The van der Waals surface area contributed by atoms with E-state index < -0.39 is 21.7 Å². The summed E-state index contributed by atoms with van der Waals surface area (Å²) in [4.78, 5) is 17.2. The second-order valence-corrected chi connectivity index (χ2v) is 9.56. The van der Waals surface area contributed by atoms with E-state index >= 15 is 0 Å². The first-order chi connectivity index (χ1) is 12.4. The number of aromatic nitrogens is 1. The van der Waals surface area contributed by atoms with Crippen LogP contribution in [0.5, 0.6) is 0 Å². The summed E-state index contributed by atoms with van der Waals surface area (Å²) in [6.45, 7) is 2.18. The lowest BCUT2D eigenvalue weighted by atomic mass is 9.88. The van der Waals surface area contributed by atoms with Crippen LogP contribution in [0.15, 0.2) is 36.5 Å². The topological polar surface area (TPSA) is 88.2 Å². The average Bonchev–Trinajstić information content (AvgIpc) is 3.05. The summed E-state index contributed by atoms with van der Waals surface area (Å²) in [7, 11) is -3.65. The monoisotopic (exact) mass is 393 g/mol. The van der Waals surface area contributed by atoms with Crippen LogP contribution in [0.25, 0.3) is 10.4 Å². The maximum atomic E-state index is 12.2. The van der Waals surface area contributed by atoms with E-state index in [0.717, 1.165) is 36.1 Å². The van der Waals surface area contributed by atoms with Gasteiger partial charge in [0.15, 0.2) is 5.13 Å². The van der Waals surface area contributed by atoms with Crippen LogP contribution in [0, 0.1) is 5.92 Å². The van der Waals surface area contributed by atoms with Gasteiger partial charge in [0.1, 0.15) is 5.75 Å². The molecule has 6 nitrogen and oxygen atoms in total. The molecule has 1 aromatic carbocycles. The maximum absolute atomic E-state index is 12.2. The molecule has 0 aliphatic heterocycles. The molecule has 1 aliphatic carbocycles. The van der Waals surface area contributed by atoms with E-state index in [-0.39, 0.29) is 6.04 Å². The molecule has 3 rings (SSSR count). The van der Waals surface area contributed by atoms with Crippen molar-refractivity contribution >= 4 is 32.4 Å². The molecule has 140 valence electrons. The van der Waals surface area contributed by atoms with Gasteiger partial charge in [0.05, 0.1) is 4.88 Å². The fourth-order valence-corrected chi connectivity index (χ4v) is 5.15. The minimum Gasteiger partial charge on any atom is -0.301 e. The van der Waals surface area contributed by atoms with Crippen LogP contribution >= 0.6 is 11.3 Å². The number of sulfonamides is 1. The van der Waals surface area contributed by atoms with Gasteiger partial charge in [-0.15, -0.1) is 0 Å². The Morgan fingerprint density at radius 1 is 1.19 bits per heavy atom. The molecule has 0 bridgehead atoms. The summed E-state index contributed by atoms with van der Waals surface area (Å²) >= 11 is 1.32. The van der Waals surface area contributed by atoms with Crippen LogP contribution in [0.1, 0.15) is 32.6 Å². The molecular weight excluding hydrogens is 370 g/mol. The number of carbonyl (C=O) groups is 1. The third-order valence-corrected chi connectivity index (χ3v) is 6.79. The number of nitrogens with zero attached hydrogens (tertiary/aromatic N) is 1. The number of nitrogens with one attached hydrogen (secondary N) is 2. The highest BCUT2D eigenvalue weighted by Crippen LogP contribution is 2.28. The molecule has 0 atom stereocenters. The number of thiazole rings is 1. The van der Waals surface area contributed by atoms with Crippen molar-refractivity contribution in [2.24, 2.45) is 5.92 Å². The summed E-state index contributed by atoms with van der Waals surface area (Å²) in [5.41, 5.74) is 1.01. The molecule has 0 spiro atoms. The smallest absolute Gasteiger partial charge is 0.242 e. The maximum Gasteiger partial charge on any atom is 0.242 e. The van der Waals surface area contributed by atoms with E-state index in [9.17, 15) is 13.2 Å². The van der Waals surface area contributed by atoms with E-state index in [1.807, 2.05) is 30.3 Å². The van der Waals surface area contributed by atoms with Gasteiger partial charge in [-0.25, -0.2) is 18.1 Å². The number of rotatable bonds is 6. The van der Waals surface area contributed by atoms with Crippen molar-refractivity contribution in [2.45, 2.75) is 38.6 Å². The number of anilines is 1. The van der Waals surface area contributed by atoms with Crippen molar-refractivity contribution in [3.8, 4) is 10.4 Å². The van der Waals surface area contributed by atoms with Crippen molar-refractivity contribution in [3.63, 3.8) is 0 Å². The van der Waals surface area contributed by atoms with Crippen molar-refractivity contribution < 1.29 is 13.2 Å². The van der Waals surface area contributed by atoms with Crippen molar-refractivity contribution in [2.75, 3.05) is 11.1 Å². The van der Waals surface area contributed by atoms with E-state index in [1.165, 1.54) is 11.3 Å². The number of benzene rings is 1. The van der Waals surface area contributed by atoms with Gasteiger partial charge in [0, 0.05) is 12.2 Å². The van der Waals surface area contributed by atoms with Crippen LogP contribution < -0.4 is 10.0 Å². The number of hydrogen-bond acceptors (Lipinski definition) is 5. The zero-order valence-electron chi connectivity index (χ0n) is 14.6. The lowest BCUT2D eigenvalue weighted by Gasteiger charge is -2.26. The summed E-state index contributed by atoms with van der Waals surface area (Å²) in [6, 6.07) is 9.64. The van der Waals surface area contributed by atoms with Crippen LogP contribution in [0.2, 0.25) is 0 Å². The molecule has 2 aromatic rings. The van der Waals surface area contributed by atoms with E-state index in [2.05, 4.69) is 21.9 Å². The molecule has 1 aliphatic rings. The number of amides is 1. The Morgan fingerprint density at radius 3 is 2.58 bits per heavy atom. The Labute approximate surface area is 158 Å². The lowest BCUT2D eigenvalue weighted by molar-refractivity contribution is -0.113. The molecule has 1 aromatic heterocycles. The van der Waals surface area contributed by atoms with Gasteiger partial charge in [-0.05, 0) is 37.2 Å². The molecule has 0 unspecified atom stereocenters. The van der Waals surface area contributed by atoms with E-state index in [1.54, 1.807) is 6.20 Å². The summed E-state index contributed by atoms with van der Waals surface area (Å²) in [5.74, 6) is -0.516. The van der Waals surface area contributed by atoms with Gasteiger partial charge in [-0.1, -0.05) is 48.6 Å². The fraction of sp³-hybridized carbons (Fsp3) is 0.444. The zero-order valence-corrected chi connectivity index (χ0v) is 16.3. The highest BCUT2D eigenvalue weighted by molar-refractivity contribution is 7.90. The quantitative estimate of drug-likeness (QED) is 0.788. The molecular formula is C18H23N3O3S2. The first-order valence-electron chi connectivity index (χ1n) is 8.72. The van der Waals surface area contributed by atoms with Gasteiger partial charge in [-0.2, -0.15) is 0 Å². The van der Waals surface area contributed by atoms with Crippen LogP contribution in [0.4, 0.5) is 5.13 Å². The van der Waals surface area contributed by atoms with Crippen LogP contribution in [-0.2, 0) is 14.8 Å². The Hall–Kier alpha value is -1.77. The summed E-state index contributed by atoms with van der Waals surface area (Å²) in [6.07, 6.45) is 5.36. The predicted octanol–water partition coefficient (Wildman–Crippen LogP) is 3.25. The first kappa shape index (κ1) is 19.0. The molecule has 26 heavy (non-hydrogen) atoms. The van der Waals surface area contributed by atoms with Gasteiger partial charge in [-0.3, -0.25) is 4.79 Å². The van der Waals surface area contributed by atoms with Crippen molar-refractivity contribution in [3.05, 3.63) is 36.5 Å². The second-order valence-electron chi connectivity index (χ2n) is 6.78. The molecule has 0 saturated heterocycles. The van der Waals surface area contributed by atoms with Crippen molar-refractivity contribution in [1.29, 1.82) is 0 Å². The molecule has 2 N–H and O–H groups in total. The van der Waals surface area contributed by atoms with Gasteiger partial charge in [0.2, 0.25) is 15.9 Å². The molecule has 8 heteroatoms. The van der Waals surface area contributed by atoms with E-state index in [0.29, 0.717) is 11.0 Å². The lowest BCUT2D eigenvalue weighted by Crippen LogP contribution is -2.41. The minimum atomic E-state index is -3.65. The van der Waals surface area contributed by atoms with Gasteiger partial charge < -0.3 is 5.32 Å². The SMILES string of the molecule is CC1CCC(NS(=O)(=O)CC(=O)Nc2ncc(-c3ccccc3)s2)CC1. The largest absolute Gasteiger partial charge is 0.301 e. The van der Waals surface area contributed by atoms with Gasteiger partial charge in [0.25, 0.3) is 0 Å². The molecule has 0 radical (unpaired) electrons. The molecule has 1 fully saturated rings. The number of hydrogen-bond donors (Lipinski definition) is 2.